The predicted octanol–water partition coefficient (Wildman–Crippen LogP) is 4.02. The third-order valence-electron chi connectivity index (χ3n) is 3.31. The first-order valence-electron chi connectivity index (χ1n) is 7.50. The van der Waals surface area contributed by atoms with Crippen molar-refractivity contribution >= 4 is 28.9 Å². The number of aryl methyl sites for hydroxylation is 2. The number of carbonyl (C=O) groups is 2. The average molecular weight is 369 g/mol. The van der Waals surface area contributed by atoms with E-state index in [1.807, 2.05) is 13.8 Å². The summed E-state index contributed by atoms with van der Waals surface area (Å²) in [7, 11) is 0. The molecule has 1 amide bonds. The summed E-state index contributed by atoms with van der Waals surface area (Å²) in [6, 6.07) is 7.51. The van der Waals surface area contributed by atoms with E-state index in [1.165, 1.54) is 29.5 Å². The van der Waals surface area contributed by atoms with Crippen LogP contribution >= 0.6 is 11.3 Å². The molecule has 0 saturated carbocycles. The van der Waals surface area contributed by atoms with Crippen molar-refractivity contribution < 1.29 is 27.8 Å². The molecule has 0 spiro atoms. The molecule has 0 atom stereocenters. The molecule has 0 aliphatic carbocycles. The van der Waals surface area contributed by atoms with Crippen LogP contribution in [0.25, 0.3) is 0 Å². The Morgan fingerprint density at radius 2 is 2.00 bits per heavy atom. The SMILES string of the molecule is CCc1cc(C(=O)OCC(=O)Nc2ccccc2OC(F)F)sc1C. The highest BCUT2D eigenvalue weighted by Crippen LogP contribution is 2.25. The van der Waals surface area contributed by atoms with Crippen LogP contribution < -0.4 is 10.1 Å². The molecule has 1 aromatic carbocycles. The molecule has 2 aromatic rings. The number of amides is 1. The molecule has 0 unspecified atom stereocenters. The van der Waals surface area contributed by atoms with E-state index in [0.717, 1.165) is 16.9 Å². The fraction of sp³-hybridized carbons (Fsp3) is 0.294. The molecule has 8 heteroatoms. The zero-order valence-corrected chi connectivity index (χ0v) is 14.5. The Hall–Kier alpha value is -2.48. The normalized spacial score (nSPS) is 10.6. The summed E-state index contributed by atoms with van der Waals surface area (Å²) in [5.41, 5.74) is 1.13. The van der Waals surface area contributed by atoms with Crippen molar-refractivity contribution in [2.45, 2.75) is 26.9 Å². The Kier molecular flexibility index (Phi) is 6.46. The number of hydrogen-bond acceptors (Lipinski definition) is 5. The van der Waals surface area contributed by atoms with Gasteiger partial charge in [-0.1, -0.05) is 19.1 Å². The molecule has 0 fully saturated rings. The Morgan fingerprint density at radius 3 is 2.64 bits per heavy atom. The number of thiophene rings is 1. The fourth-order valence-corrected chi connectivity index (χ4v) is 3.14. The minimum atomic E-state index is -3.01. The Labute approximate surface area is 147 Å². The van der Waals surface area contributed by atoms with Gasteiger partial charge < -0.3 is 14.8 Å². The number of alkyl halides is 2. The largest absolute Gasteiger partial charge is 0.451 e. The van der Waals surface area contributed by atoms with Crippen molar-refractivity contribution in [1.82, 2.24) is 0 Å². The van der Waals surface area contributed by atoms with Crippen LogP contribution in [0, 0.1) is 6.92 Å². The number of halogens is 2. The van der Waals surface area contributed by atoms with Crippen LogP contribution in [-0.2, 0) is 16.0 Å². The fourth-order valence-electron chi connectivity index (χ4n) is 2.13. The number of rotatable bonds is 7. The highest BCUT2D eigenvalue weighted by Gasteiger charge is 2.16. The van der Waals surface area contributed by atoms with E-state index >= 15 is 0 Å². The number of carbonyl (C=O) groups excluding carboxylic acids is 2. The van der Waals surface area contributed by atoms with Gasteiger partial charge >= 0.3 is 12.6 Å². The molecule has 1 N–H and O–H groups in total. The van der Waals surface area contributed by atoms with E-state index in [-0.39, 0.29) is 11.4 Å². The zero-order chi connectivity index (χ0) is 18.4. The minimum absolute atomic E-state index is 0.0732. The molecule has 2 rings (SSSR count). The van der Waals surface area contributed by atoms with Crippen molar-refractivity contribution in [3.8, 4) is 5.75 Å². The molecule has 25 heavy (non-hydrogen) atoms. The zero-order valence-electron chi connectivity index (χ0n) is 13.7. The molecular formula is C17H17F2NO4S. The number of nitrogens with one attached hydrogen (secondary N) is 1. The van der Waals surface area contributed by atoms with Crippen LogP contribution in [0.2, 0.25) is 0 Å². The van der Waals surface area contributed by atoms with Gasteiger partial charge in [0.1, 0.15) is 10.6 Å². The lowest BCUT2D eigenvalue weighted by Gasteiger charge is -2.11. The highest BCUT2D eigenvalue weighted by molar-refractivity contribution is 7.14. The summed E-state index contributed by atoms with van der Waals surface area (Å²) in [6.07, 6.45) is 0.803. The molecule has 0 radical (unpaired) electrons. The van der Waals surface area contributed by atoms with E-state index in [9.17, 15) is 18.4 Å². The van der Waals surface area contributed by atoms with E-state index in [2.05, 4.69) is 10.1 Å². The third kappa shape index (κ3) is 5.25. The summed E-state index contributed by atoms with van der Waals surface area (Å²) in [4.78, 5) is 25.3. The van der Waals surface area contributed by atoms with E-state index in [4.69, 9.17) is 4.74 Å². The summed E-state index contributed by atoms with van der Waals surface area (Å²) in [6.45, 7) is 0.356. The van der Waals surface area contributed by atoms with Gasteiger partial charge in [0.25, 0.3) is 5.91 Å². The van der Waals surface area contributed by atoms with Crippen molar-refractivity contribution in [3.05, 3.63) is 45.6 Å². The van der Waals surface area contributed by atoms with Crippen LogP contribution in [0.3, 0.4) is 0 Å². The molecular weight excluding hydrogens is 352 g/mol. The van der Waals surface area contributed by atoms with Crippen molar-refractivity contribution in [3.63, 3.8) is 0 Å². The topological polar surface area (TPSA) is 64.6 Å². The monoisotopic (exact) mass is 369 g/mol. The number of esters is 1. The van der Waals surface area contributed by atoms with Crippen molar-refractivity contribution in [1.29, 1.82) is 0 Å². The maximum Gasteiger partial charge on any atom is 0.387 e. The Balaban J connectivity index is 1.93. The number of benzene rings is 1. The molecule has 134 valence electrons. The molecule has 0 bridgehead atoms. The highest BCUT2D eigenvalue weighted by atomic mass is 32.1. The van der Waals surface area contributed by atoms with E-state index < -0.39 is 25.1 Å². The van der Waals surface area contributed by atoms with Crippen molar-refractivity contribution in [2.24, 2.45) is 0 Å². The van der Waals surface area contributed by atoms with Crippen molar-refractivity contribution in [2.75, 3.05) is 11.9 Å². The second kappa shape index (κ2) is 8.57. The first-order valence-corrected chi connectivity index (χ1v) is 8.32. The average Bonchev–Trinajstić information content (AvgIpc) is 2.95. The second-order valence-corrected chi connectivity index (χ2v) is 6.30. The lowest BCUT2D eigenvalue weighted by atomic mass is 10.2. The predicted molar refractivity (Wildman–Crippen MR) is 90.4 cm³/mol. The number of para-hydroxylation sites is 2. The minimum Gasteiger partial charge on any atom is -0.451 e. The second-order valence-electron chi connectivity index (χ2n) is 5.04. The summed E-state index contributed by atoms with van der Waals surface area (Å²) >= 11 is 1.30. The number of anilines is 1. The summed E-state index contributed by atoms with van der Waals surface area (Å²) in [5.74, 6) is -1.42. The van der Waals surface area contributed by atoms with Gasteiger partial charge in [-0.2, -0.15) is 8.78 Å². The molecule has 1 heterocycles. The van der Waals surface area contributed by atoms with Crippen LogP contribution in [0.1, 0.15) is 27.0 Å². The Bertz CT molecular complexity index is 761. The third-order valence-corrected chi connectivity index (χ3v) is 4.39. The molecule has 5 nitrogen and oxygen atoms in total. The lowest BCUT2D eigenvalue weighted by Crippen LogP contribution is -2.21. The Morgan fingerprint density at radius 1 is 1.28 bits per heavy atom. The number of hydrogen-bond donors (Lipinski definition) is 1. The van der Waals surface area contributed by atoms with E-state index in [1.54, 1.807) is 12.1 Å². The van der Waals surface area contributed by atoms with Gasteiger partial charge in [0.2, 0.25) is 0 Å². The molecule has 0 aliphatic rings. The summed E-state index contributed by atoms with van der Waals surface area (Å²) < 4.78 is 34.0. The molecule has 0 aliphatic heterocycles. The van der Waals surface area contributed by atoms with Gasteiger partial charge in [0, 0.05) is 4.88 Å². The first kappa shape index (κ1) is 18.9. The maximum absolute atomic E-state index is 12.3. The summed E-state index contributed by atoms with van der Waals surface area (Å²) in [5, 5.41) is 2.38. The number of ether oxygens (including phenoxy) is 2. The lowest BCUT2D eigenvalue weighted by molar-refractivity contribution is -0.119. The van der Waals surface area contributed by atoms with Gasteiger partial charge in [-0.25, -0.2) is 4.79 Å². The van der Waals surface area contributed by atoms with E-state index in [0.29, 0.717) is 4.88 Å². The molecule has 0 saturated heterocycles. The van der Waals surface area contributed by atoms with Gasteiger partial charge in [0.05, 0.1) is 5.69 Å². The standard InChI is InChI=1S/C17H17F2NO4S/c1-3-11-8-14(25-10(11)2)16(22)23-9-15(21)20-12-6-4-5-7-13(12)24-17(18)19/h4-8,17H,3,9H2,1-2H3,(H,20,21). The van der Waals surface area contributed by atoms with Gasteiger partial charge in [-0.05, 0) is 37.1 Å². The van der Waals surface area contributed by atoms with Crippen LogP contribution in [0.15, 0.2) is 30.3 Å². The molecule has 1 aromatic heterocycles. The smallest absolute Gasteiger partial charge is 0.387 e. The van der Waals surface area contributed by atoms with Crippen LogP contribution in [-0.4, -0.2) is 25.1 Å². The van der Waals surface area contributed by atoms with Gasteiger partial charge in [-0.3, -0.25) is 4.79 Å². The van der Waals surface area contributed by atoms with Gasteiger partial charge in [-0.15, -0.1) is 11.3 Å². The quantitative estimate of drug-likeness (QED) is 0.749. The van der Waals surface area contributed by atoms with Crippen LogP contribution in [0.5, 0.6) is 5.75 Å². The van der Waals surface area contributed by atoms with Crippen LogP contribution in [0.4, 0.5) is 14.5 Å². The maximum atomic E-state index is 12.3. The van der Waals surface area contributed by atoms with Gasteiger partial charge in [0.15, 0.2) is 6.61 Å². The first-order chi connectivity index (χ1) is 11.9.